The molecule has 0 aromatic heterocycles. The zero-order valence-electron chi connectivity index (χ0n) is 20.1. The topological polar surface area (TPSA) is 42.5 Å². The van der Waals surface area contributed by atoms with E-state index in [0.717, 1.165) is 24.6 Å². The van der Waals surface area contributed by atoms with E-state index in [0.29, 0.717) is 0 Å². The Hall–Kier alpha value is -1.46. The average molecular weight is 486 g/mol. The second-order valence-corrected chi connectivity index (χ2v) is 7.82. The van der Waals surface area contributed by atoms with Crippen LogP contribution in [0.5, 0.6) is 11.5 Å². The summed E-state index contributed by atoms with van der Waals surface area (Å²) in [5, 5.41) is 7.68. The highest BCUT2D eigenvalue weighted by Crippen LogP contribution is 2.31. The van der Waals surface area contributed by atoms with Gasteiger partial charge in [0.2, 0.25) is 0 Å². The molecule has 2 N–H and O–H groups in total. The van der Waals surface area contributed by atoms with Crippen molar-refractivity contribution in [2.75, 3.05) is 27.3 Å². The molecule has 2 aromatic rings. The predicted molar refractivity (Wildman–Crippen MR) is 141 cm³/mol. The van der Waals surface area contributed by atoms with Crippen LogP contribution in [-0.2, 0) is 0 Å². The van der Waals surface area contributed by atoms with Crippen LogP contribution in [0.25, 0.3) is 0 Å². The molecule has 6 heteroatoms. The first-order chi connectivity index (χ1) is 14.7. The molecule has 0 aliphatic rings. The Kier molecular flexibility index (Phi) is 17.2. The van der Waals surface area contributed by atoms with Crippen LogP contribution in [0.2, 0.25) is 0 Å². The SMILES string of the molecule is CCCCCNC(c1ccc(OC)cc1)C(NCCCCC)c1ccc(OC)cc1.Cl.Cl. The number of benzene rings is 2. The standard InChI is InChI=1S/C26H40N2O2.2ClH/c1-5-7-9-19-27-25(21-11-15-23(29-3)16-12-21)26(28-20-10-8-6-2)22-13-17-24(30-4)18-14-22;;/h11-18,25-28H,5-10,19-20H2,1-4H3;2*1H. The van der Waals surface area contributed by atoms with Crippen molar-refractivity contribution in [3.8, 4) is 11.5 Å². The maximum Gasteiger partial charge on any atom is 0.118 e. The van der Waals surface area contributed by atoms with Crippen LogP contribution in [0.1, 0.15) is 75.6 Å². The fourth-order valence-electron chi connectivity index (χ4n) is 3.74. The normalized spacial score (nSPS) is 12.2. The zero-order chi connectivity index (χ0) is 21.6. The van der Waals surface area contributed by atoms with Gasteiger partial charge in [-0.05, 0) is 61.3 Å². The van der Waals surface area contributed by atoms with Gasteiger partial charge in [-0.3, -0.25) is 0 Å². The molecule has 0 radical (unpaired) electrons. The molecule has 0 amide bonds. The van der Waals surface area contributed by atoms with Crippen molar-refractivity contribution in [2.45, 2.75) is 64.5 Å². The molecule has 0 saturated carbocycles. The van der Waals surface area contributed by atoms with Gasteiger partial charge in [-0.25, -0.2) is 0 Å². The van der Waals surface area contributed by atoms with E-state index < -0.39 is 0 Å². The van der Waals surface area contributed by atoms with E-state index in [4.69, 9.17) is 9.47 Å². The van der Waals surface area contributed by atoms with Crippen LogP contribution >= 0.6 is 24.8 Å². The summed E-state index contributed by atoms with van der Waals surface area (Å²) in [7, 11) is 3.43. The number of hydrogen-bond acceptors (Lipinski definition) is 4. The summed E-state index contributed by atoms with van der Waals surface area (Å²) >= 11 is 0. The van der Waals surface area contributed by atoms with Crippen molar-refractivity contribution in [1.29, 1.82) is 0 Å². The Balaban J connectivity index is 0.00000480. The highest BCUT2D eigenvalue weighted by atomic mass is 35.5. The fourth-order valence-corrected chi connectivity index (χ4v) is 3.74. The molecule has 2 unspecified atom stereocenters. The maximum absolute atomic E-state index is 5.37. The summed E-state index contributed by atoms with van der Waals surface area (Å²) in [6, 6.07) is 17.3. The molecule has 0 bridgehead atoms. The van der Waals surface area contributed by atoms with Gasteiger partial charge < -0.3 is 20.1 Å². The van der Waals surface area contributed by atoms with Crippen LogP contribution < -0.4 is 20.1 Å². The van der Waals surface area contributed by atoms with Gasteiger partial charge in [-0.15, -0.1) is 24.8 Å². The van der Waals surface area contributed by atoms with Crippen LogP contribution in [0, 0.1) is 0 Å². The van der Waals surface area contributed by atoms with Gasteiger partial charge in [0.15, 0.2) is 0 Å². The lowest BCUT2D eigenvalue weighted by Crippen LogP contribution is -2.36. The first kappa shape index (κ1) is 30.5. The van der Waals surface area contributed by atoms with Crippen LogP contribution in [0.15, 0.2) is 48.5 Å². The molecular weight excluding hydrogens is 443 g/mol. The maximum atomic E-state index is 5.37. The van der Waals surface area contributed by atoms with Gasteiger partial charge in [-0.1, -0.05) is 63.8 Å². The number of halogens is 2. The van der Waals surface area contributed by atoms with E-state index in [1.807, 2.05) is 0 Å². The summed E-state index contributed by atoms with van der Waals surface area (Å²) < 4.78 is 10.7. The molecule has 32 heavy (non-hydrogen) atoms. The minimum atomic E-state index is 0. The summed E-state index contributed by atoms with van der Waals surface area (Å²) in [5.74, 6) is 1.78. The Morgan fingerprint density at radius 1 is 0.594 bits per heavy atom. The zero-order valence-corrected chi connectivity index (χ0v) is 21.7. The van der Waals surface area contributed by atoms with Crippen molar-refractivity contribution < 1.29 is 9.47 Å². The minimum absolute atomic E-state index is 0. The molecule has 2 atom stereocenters. The van der Waals surface area contributed by atoms with Crippen molar-refractivity contribution in [3.05, 3.63) is 59.7 Å². The fraction of sp³-hybridized carbons (Fsp3) is 0.538. The van der Waals surface area contributed by atoms with E-state index in [1.54, 1.807) is 14.2 Å². The van der Waals surface area contributed by atoms with Gasteiger partial charge in [0.05, 0.1) is 26.3 Å². The van der Waals surface area contributed by atoms with Crippen LogP contribution in [-0.4, -0.2) is 27.3 Å². The summed E-state index contributed by atoms with van der Waals surface area (Å²) in [5.41, 5.74) is 2.55. The van der Waals surface area contributed by atoms with Gasteiger partial charge in [0.25, 0.3) is 0 Å². The third-order valence-corrected chi connectivity index (χ3v) is 5.57. The number of unbranched alkanes of at least 4 members (excludes halogenated alkanes) is 4. The first-order valence-corrected chi connectivity index (χ1v) is 11.5. The molecule has 0 aliphatic heterocycles. The molecule has 182 valence electrons. The van der Waals surface area contributed by atoms with Crippen LogP contribution in [0.4, 0.5) is 0 Å². The molecule has 2 aromatic carbocycles. The predicted octanol–water partition coefficient (Wildman–Crippen LogP) is 6.89. The Morgan fingerprint density at radius 2 is 0.938 bits per heavy atom. The van der Waals surface area contributed by atoms with Crippen molar-refractivity contribution in [1.82, 2.24) is 10.6 Å². The average Bonchev–Trinajstić information content (AvgIpc) is 2.80. The van der Waals surface area contributed by atoms with Crippen molar-refractivity contribution in [2.24, 2.45) is 0 Å². The third-order valence-electron chi connectivity index (χ3n) is 5.57. The summed E-state index contributed by atoms with van der Waals surface area (Å²) in [4.78, 5) is 0. The number of hydrogen-bond donors (Lipinski definition) is 2. The largest absolute Gasteiger partial charge is 0.497 e. The Morgan fingerprint density at radius 3 is 1.22 bits per heavy atom. The van der Waals surface area contributed by atoms with Crippen molar-refractivity contribution >= 4 is 24.8 Å². The Labute approximate surface area is 207 Å². The smallest absolute Gasteiger partial charge is 0.118 e. The van der Waals surface area contributed by atoms with Gasteiger partial charge >= 0.3 is 0 Å². The van der Waals surface area contributed by atoms with Crippen LogP contribution in [0.3, 0.4) is 0 Å². The minimum Gasteiger partial charge on any atom is -0.497 e. The number of rotatable bonds is 15. The van der Waals surface area contributed by atoms with Gasteiger partial charge in [-0.2, -0.15) is 0 Å². The number of nitrogens with one attached hydrogen (secondary N) is 2. The van der Waals surface area contributed by atoms with Crippen molar-refractivity contribution in [3.63, 3.8) is 0 Å². The molecule has 2 rings (SSSR count). The molecular formula is C26H42Cl2N2O2. The second kappa shape index (κ2) is 18.0. The van der Waals surface area contributed by atoms with Gasteiger partial charge in [0, 0.05) is 0 Å². The van der Waals surface area contributed by atoms with E-state index in [2.05, 4.69) is 73.0 Å². The summed E-state index contributed by atoms with van der Waals surface area (Å²) in [6.07, 6.45) is 7.33. The molecule has 0 saturated heterocycles. The van der Waals surface area contributed by atoms with E-state index in [9.17, 15) is 0 Å². The molecule has 0 spiro atoms. The highest BCUT2D eigenvalue weighted by Gasteiger charge is 2.24. The molecule has 0 aliphatic carbocycles. The second-order valence-electron chi connectivity index (χ2n) is 7.82. The van der Waals surface area contributed by atoms with E-state index in [1.165, 1.54) is 49.7 Å². The van der Waals surface area contributed by atoms with E-state index in [-0.39, 0.29) is 36.9 Å². The van der Waals surface area contributed by atoms with Gasteiger partial charge in [0.1, 0.15) is 11.5 Å². The summed E-state index contributed by atoms with van der Waals surface area (Å²) in [6.45, 7) is 6.51. The lowest BCUT2D eigenvalue weighted by Gasteiger charge is -2.30. The number of ether oxygens (including phenoxy) is 2. The highest BCUT2D eigenvalue weighted by molar-refractivity contribution is 5.85. The quantitative estimate of drug-likeness (QED) is 0.270. The molecule has 0 fully saturated rings. The third kappa shape index (κ3) is 9.99. The molecule has 0 heterocycles. The lowest BCUT2D eigenvalue weighted by atomic mass is 9.92. The van der Waals surface area contributed by atoms with E-state index >= 15 is 0 Å². The number of methoxy groups -OCH3 is 2. The lowest BCUT2D eigenvalue weighted by molar-refractivity contribution is 0.375. The Bertz CT molecular complexity index is 634. The monoisotopic (exact) mass is 484 g/mol. The first-order valence-electron chi connectivity index (χ1n) is 11.5. The molecule has 4 nitrogen and oxygen atoms in total.